The number of H-pyrrole nitrogens is 1. The molecule has 0 unspecified atom stereocenters. The van der Waals surface area contributed by atoms with Gasteiger partial charge in [0, 0.05) is 12.2 Å². The molecule has 4 rings (SSSR count). The fraction of sp³-hybridized carbons (Fsp3) is 0.200. The minimum atomic E-state index is -0.229. The molecule has 7 nitrogen and oxygen atoms in total. The summed E-state index contributed by atoms with van der Waals surface area (Å²) in [4.78, 5) is 20.1. The van der Waals surface area contributed by atoms with E-state index in [0.717, 1.165) is 33.7 Å². The molecule has 1 aromatic heterocycles. The second-order valence-corrected chi connectivity index (χ2v) is 7.49. The molecular weight excluding hydrogens is 404 g/mol. The highest BCUT2D eigenvalue weighted by Crippen LogP contribution is 2.28. The van der Waals surface area contributed by atoms with Crippen molar-refractivity contribution in [2.24, 2.45) is 0 Å². The summed E-state index contributed by atoms with van der Waals surface area (Å²) in [5.41, 5.74) is 4.89. The van der Waals surface area contributed by atoms with Crippen molar-refractivity contribution in [1.29, 1.82) is 0 Å². The number of hydrogen-bond acceptors (Lipinski definition) is 5. The molecule has 4 aromatic rings. The predicted octanol–water partition coefficient (Wildman–Crippen LogP) is 4.19. The van der Waals surface area contributed by atoms with Crippen LogP contribution in [0, 0.1) is 6.92 Å². The predicted molar refractivity (Wildman–Crippen MR) is 125 cm³/mol. The Morgan fingerprint density at radius 2 is 1.81 bits per heavy atom. The van der Waals surface area contributed by atoms with Crippen LogP contribution in [0.2, 0.25) is 0 Å². The molecule has 3 aromatic carbocycles. The zero-order chi connectivity index (χ0) is 22.3. The van der Waals surface area contributed by atoms with Crippen LogP contribution in [0.1, 0.15) is 17.0 Å². The van der Waals surface area contributed by atoms with Gasteiger partial charge in [-0.3, -0.25) is 4.79 Å². The molecule has 0 atom stereocenters. The summed E-state index contributed by atoms with van der Waals surface area (Å²) in [5.74, 6) is 1.76. The summed E-state index contributed by atoms with van der Waals surface area (Å²) in [6.07, 6.45) is 0. The molecule has 1 heterocycles. The molecule has 0 radical (unpaired) electrons. The summed E-state index contributed by atoms with van der Waals surface area (Å²) >= 11 is 0. The van der Waals surface area contributed by atoms with Crippen molar-refractivity contribution in [1.82, 2.24) is 15.3 Å². The van der Waals surface area contributed by atoms with Crippen LogP contribution in [0.15, 0.2) is 66.7 Å². The third kappa shape index (κ3) is 5.44. The van der Waals surface area contributed by atoms with E-state index in [9.17, 15) is 4.79 Å². The van der Waals surface area contributed by atoms with Crippen LogP contribution in [-0.2, 0) is 17.9 Å². The third-order valence-corrected chi connectivity index (χ3v) is 4.98. The number of aromatic amines is 1. The maximum absolute atomic E-state index is 12.2. The van der Waals surface area contributed by atoms with Gasteiger partial charge in [0.15, 0.2) is 18.1 Å². The largest absolute Gasteiger partial charge is 0.493 e. The normalized spacial score (nSPS) is 10.8. The number of nitrogens with zero attached hydrogens (tertiary/aromatic N) is 1. The Morgan fingerprint density at radius 3 is 2.59 bits per heavy atom. The first kappa shape index (κ1) is 21.4. The van der Waals surface area contributed by atoms with Crippen LogP contribution >= 0.6 is 0 Å². The fourth-order valence-corrected chi connectivity index (χ4v) is 3.33. The topological polar surface area (TPSA) is 88.3 Å². The van der Waals surface area contributed by atoms with E-state index < -0.39 is 0 Å². The highest BCUT2D eigenvalue weighted by Gasteiger charge is 2.10. The van der Waals surface area contributed by atoms with E-state index >= 15 is 0 Å². The lowest BCUT2D eigenvalue weighted by Crippen LogP contribution is -2.20. The van der Waals surface area contributed by atoms with E-state index in [2.05, 4.69) is 20.6 Å². The van der Waals surface area contributed by atoms with Gasteiger partial charge in [-0.2, -0.15) is 0 Å². The number of carbonyl (C=O) groups is 1. The fourth-order valence-electron chi connectivity index (χ4n) is 3.33. The van der Waals surface area contributed by atoms with E-state index in [0.29, 0.717) is 24.6 Å². The number of aromatic nitrogens is 2. The van der Waals surface area contributed by atoms with Crippen molar-refractivity contribution >= 4 is 22.6 Å². The van der Waals surface area contributed by atoms with Crippen LogP contribution in [0.5, 0.6) is 11.5 Å². The number of ether oxygens (including phenoxy) is 2. The highest BCUT2D eigenvalue weighted by atomic mass is 16.5. The van der Waals surface area contributed by atoms with Crippen LogP contribution < -0.4 is 20.1 Å². The SMILES string of the molecule is COc1cc(CNCc2nc3ccccc3[nH]2)ccc1OCC(=O)Nc1ccc(C)cc1. The smallest absolute Gasteiger partial charge is 0.262 e. The summed E-state index contributed by atoms with van der Waals surface area (Å²) < 4.78 is 11.1. The van der Waals surface area contributed by atoms with E-state index in [1.807, 2.05) is 73.7 Å². The molecule has 0 aliphatic rings. The van der Waals surface area contributed by atoms with Gasteiger partial charge >= 0.3 is 0 Å². The van der Waals surface area contributed by atoms with E-state index in [1.165, 1.54) is 0 Å². The first-order valence-corrected chi connectivity index (χ1v) is 10.4. The molecule has 7 heteroatoms. The second-order valence-electron chi connectivity index (χ2n) is 7.49. The number of hydrogen-bond donors (Lipinski definition) is 3. The summed E-state index contributed by atoms with van der Waals surface area (Å²) in [5, 5.41) is 6.19. The van der Waals surface area contributed by atoms with Crippen molar-refractivity contribution in [3.8, 4) is 11.5 Å². The zero-order valence-electron chi connectivity index (χ0n) is 18.1. The number of imidazole rings is 1. The van der Waals surface area contributed by atoms with E-state index in [1.54, 1.807) is 7.11 Å². The van der Waals surface area contributed by atoms with Crippen molar-refractivity contribution in [2.75, 3.05) is 19.0 Å². The summed E-state index contributed by atoms with van der Waals surface area (Å²) in [6, 6.07) is 21.2. The minimum absolute atomic E-state index is 0.103. The van der Waals surface area contributed by atoms with Crippen molar-refractivity contribution < 1.29 is 14.3 Å². The number of methoxy groups -OCH3 is 1. The molecule has 0 saturated heterocycles. The Balaban J connectivity index is 1.29. The molecule has 1 amide bonds. The van der Waals surface area contributed by atoms with E-state index in [4.69, 9.17) is 9.47 Å². The third-order valence-electron chi connectivity index (χ3n) is 4.98. The van der Waals surface area contributed by atoms with Crippen molar-refractivity contribution in [2.45, 2.75) is 20.0 Å². The van der Waals surface area contributed by atoms with Gasteiger partial charge in [-0.05, 0) is 48.9 Å². The van der Waals surface area contributed by atoms with Crippen LogP contribution in [0.3, 0.4) is 0 Å². The quantitative estimate of drug-likeness (QED) is 0.371. The summed E-state index contributed by atoms with van der Waals surface area (Å²) in [6.45, 7) is 3.16. The summed E-state index contributed by atoms with van der Waals surface area (Å²) in [7, 11) is 1.58. The number of fused-ring (bicyclic) bond motifs is 1. The zero-order valence-corrected chi connectivity index (χ0v) is 18.1. The monoisotopic (exact) mass is 430 g/mol. The first-order chi connectivity index (χ1) is 15.6. The average Bonchev–Trinajstić information content (AvgIpc) is 3.22. The molecule has 32 heavy (non-hydrogen) atoms. The average molecular weight is 431 g/mol. The Kier molecular flexibility index (Phi) is 6.67. The van der Waals surface area contributed by atoms with Crippen LogP contribution in [0.25, 0.3) is 11.0 Å². The number of aryl methyl sites for hydroxylation is 1. The Hall–Kier alpha value is -3.84. The number of benzene rings is 3. The molecule has 0 fully saturated rings. The van der Waals surface area contributed by atoms with Gasteiger partial charge in [0.25, 0.3) is 5.91 Å². The number of carbonyl (C=O) groups excluding carboxylic acids is 1. The second kappa shape index (κ2) is 9.98. The number of para-hydroxylation sites is 2. The Bertz CT molecular complexity index is 1170. The van der Waals surface area contributed by atoms with Gasteiger partial charge in [0.05, 0.1) is 24.7 Å². The first-order valence-electron chi connectivity index (χ1n) is 10.4. The van der Waals surface area contributed by atoms with E-state index in [-0.39, 0.29) is 12.5 Å². The number of rotatable bonds is 9. The molecular formula is C25H26N4O3. The van der Waals surface area contributed by atoms with Crippen LogP contribution in [-0.4, -0.2) is 29.6 Å². The lowest BCUT2D eigenvalue weighted by Gasteiger charge is -2.13. The maximum atomic E-state index is 12.2. The molecule has 0 aliphatic carbocycles. The molecule has 0 bridgehead atoms. The standard InChI is InChI=1S/C25H26N4O3/c1-17-7-10-19(11-8-17)27-25(30)16-32-22-12-9-18(13-23(22)31-2)14-26-15-24-28-20-5-3-4-6-21(20)29-24/h3-13,26H,14-16H2,1-2H3,(H,27,30)(H,28,29). The van der Waals surface area contributed by atoms with Gasteiger partial charge in [-0.15, -0.1) is 0 Å². The van der Waals surface area contributed by atoms with Crippen molar-refractivity contribution in [3.05, 3.63) is 83.7 Å². The van der Waals surface area contributed by atoms with Gasteiger partial charge in [-0.1, -0.05) is 35.9 Å². The number of nitrogens with one attached hydrogen (secondary N) is 3. The van der Waals surface area contributed by atoms with Crippen molar-refractivity contribution in [3.63, 3.8) is 0 Å². The number of amides is 1. The molecule has 164 valence electrons. The maximum Gasteiger partial charge on any atom is 0.262 e. The Morgan fingerprint density at radius 1 is 1.00 bits per heavy atom. The molecule has 3 N–H and O–H groups in total. The van der Waals surface area contributed by atoms with Crippen LogP contribution in [0.4, 0.5) is 5.69 Å². The lowest BCUT2D eigenvalue weighted by molar-refractivity contribution is -0.118. The Labute approximate surface area is 186 Å². The highest BCUT2D eigenvalue weighted by molar-refractivity contribution is 5.91. The van der Waals surface area contributed by atoms with Gasteiger partial charge in [-0.25, -0.2) is 4.98 Å². The van der Waals surface area contributed by atoms with Gasteiger partial charge in [0.2, 0.25) is 0 Å². The van der Waals surface area contributed by atoms with Gasteiger partial charge in [0.1, 0.15) is 5.82 Å². The van der Waals surface area contributed by atoms with Gasteiger partial charge < -0.3 is 25.1 Å². The minimum Gasteiger partial charge on any atom is -0.493 e. The number of anilines is 1. The molecule has 0 aliphatic heterocycles. The molecule has 0 saturated carbocycles. The molecule has 0 spiro atoms. The lowest BCUT2D eigenvalue weighted by atomic mass is 10.2.